The van der Waals surface area contributed by atoms with E-state index in [1.165, 1.54) is 22.5 Å². The van der Waals surface area contributed by atoms with Crippen LogP contribution in [0.1, 0.15) is 17.2 Å². The maximum absolute atomic E-state index is 13.2. The van der Waals surface area contributed by atoms with Gasteiger partial charge in [0.2, 0.25) is 10.0 Å². The van der Waals surface area contributed by atoms with Crippen molar-refractivity contribution >= 4 is 21.6 Å². The number of nitrogens with one attached hydrogen (secondary N) is 1. The van der Waals surface area contributed by atoms with Crippen LogP contribution in [-0.4, -0.2) is 37.3 Å². The number of hydrogen-bond donors (Lipinski definition) is 1. The Morgan fingerprint density at radius 2 is 2.17 bits per heavy atom. The summed E-state index contributed by atoms with van der Waals surface area (Å²) >= 11 is 6.00. The Labute approximate surface area is 145 Å². The molecule has 3 rings (SSSR count). The fourth-order valence-electron chi connectivity index (χ4n) is 2.78. The van der Waals surface area contributed by atoms with E-state index in [-0.39, 0.29) is 21.5 Å². The third kappa shape index (κ3) is 3.01. The van der Waals surface area contributed by atoms with Gasteiger partial charge in [-0.2, -0.15) is 9.57 Å². The number of rotatable bonds is 3. The standard InChI is InChI=1S/C16H15ClN4O2S/c17-14-4-1-5-16(13(14)9-18)24(22,23)21-8-7-20-11-15(21)12-3-2-6-19-10-12/h1-6,10,15,20H,7-8,11H2. The van der Waals surface area contributed by atoms with Gasteiger partial charge >= 0.3 is 0 Å². The van der Waals surface area contributed by atoms with Crippen LogP contribution < -0.4 is 5.32 Å². The Bertz CT molecular complexity index is 881. The summed E-state index contributed by atoms with van der Waals surface area (Å²) in [4.78, 5) is 4.01. The molecule has 0 saturated carbocycles. The van der Waals surface area contributed by atoms with Gasteiger partial charge in [0.1, 0.15) is 11.0 Å². The average molecular weight is 363 g/mol. The summed E-state index contributed by atoms with van der Waals surface area (Å²) in [6, 6.07) is 9.60. The first-order chi connectivity index (χ1) is 11.6. The van der Waals surface area contributed by atoms with Gasteiger partial charge in [0, 0.05) is 32.0 Å². The molecule has 24 heavy (non-hydrogen) atoms. The van der Waals surface area contributed by atoms with Crippen LogP contribution in [0.25, 0.3) is 0 Å². The second-order valence-corrected chi connectivity index (χ2v) is 7.61. The third-order valence-corrected chi connectivity index (χ3v) is 6.20. The van der Waals surface area contributed by atoms with E-state index in [1.54, 1.807) is 18.5 Å². The maximum atomic E-state index is 13.2. The molecule has 8 heteroatoms. The highest BCUT2D eigenvalue weighted by Gasteiger charge is 2.36. The van der Waals surface area contributed by atoms with Crippen LogP contribution in [0.2, 0.25) is 5.02 Å². The second kappa shape index (κ2) is 6.87. The van der Waals surface area contributed by atoms with Crippen LogP contribution in [0.3, 0.4) is 0 Å². The number of halogens is 1. The van der Waals surface area contributed by atoms with Crippen molar-refractivity contribution in [3.63, 3.8) is 0 Å². The molecule has 2 aromatic rings. The third-order valence-electron chi connectivity index (χ3n) is 3.94. The van der Waals surface area contributed by atoms with E-state index in [0.717, 1.165) is 5.56 Å². The minimum absolute atomic E-state index is 0.0253. The molecule has 1 aromatic carbocycles. The lowest BCUT2D eigenvalue weighted by molar-refractivity contribution is 0.271. The summed E-state index contributed by atoms with van der Waals surface area (Å²) < 4.78 is 27.8. The smallest absolute Gasteiger partial charge is 0.245 e. The summed E-state index contributed by atoms with van der Waals surface area (Å²) in [5, 5.41) is 12.6. The van der Waals surface area contributed by atoms with Crippen LogP contribution in [-0.2, 0) is 10.0 Å². The van der Waals surface area contributed by atoms with Crippen molar-refractivity contribution in [1.82, 2.24) is 14.6 Å². The Kier molecular flexibility index (Phi) is 4.83. The van der Waals surface area contributed by atoms with Crippen molar-refractivity contribution in [1.29, 1.82) is 5.26 Å². The molecular formula is C16H15ClN4O2S. The number of aromatic nitrogens is 1. The molecule has 1 aromatic heterocycles. The number of hydrogen-bond acceptors (Lipinski definition) is 5. The van der Waals surface area contributed by atoms with Crippen LogP contribution in [0.5, 0.6) is 0 Å². The van der Waals surface area contributed by atoms with Crippen molar-refractivity contribution < 1.29 is 8.42 Å². The molecule has 6 nitrogen and oxygen atoms in total. The molecule has 0 aliphatic carbocycles. The minimum atomic E-state index is -3.87. The van der Waals surface area contributed by atoms with E-state index in [4.69, 9.17) is 11.6 Å². The lowest BCUT2D eigenvalue weighted by atomic mass is 10.1. The first kappa shape index (κ1) is 16.9. The van der Waals surface area contributed by atoms with Crippen LogP contribution in [0, 0.1) is 11.3 Å². The van der Waals surface area contributed by atoms with Gasteiger partial charge < -0.3 is 5.32 Å². The van der Waals surface area contributed by atoms with Crippen molar-refractivity contribution in [3.05, 3.63) is 58.9 Å². The van der Waals surface area contributed by atoms with Gasteiger partial charge in [-0.25, -0.2) is 8.42 Å². The van der Waals surface area contributed by atoms with Gasteiger partial charge in [0.05, 0.1) is 16.6 Å². The lowest BCUT2D eigenvalue weighted by Gasteiger charge is -2.35. The number of nitrogens with zero attached hydrogens (tertiary/aromatic N) is 3. The number of piperazine rings is 1. The van der Waals surface area contributed by atoms with Crippen molar-refractivity contribution in [2.45, 2.75) is 10.9 Å². The highest BCUT2D eigenvalue weighted by atomic mass is 35.5. The summed E-state index contributed by atoms with van der Waals surface area (Å²) in [5.74, 6) is 0. The molecule has 1 fully saturated rings. The highest BCUT2D eigenvalue weighted by molar-refractivity contribution is 7.89. The van der Waals surface area contributed by atoms with Gasteiger partial charge in [-0.05, 0) is 23.8 Å². The number of pyridine rings is 1. The van der Waals surface area contributed by atoms with Crippen LogP contribution >= 0.6 is 11.6 Å². The predicted octanol–water partition coefficient (Wildman–Crippen LogP) is 1.94. The number of nitriles is 1. The SMILES string of the molecule is N#Cc1c(Cl)cccc1S(=O)(=O)N1CCNCC1c1cccnc1. The van der Waals surface area contributed by atoms with Crippen molar-refractivity contribution in [3.8, 4) is 6.07 Å². The van der Waals surface area contributed by atoms with Crippen LogP contribution in [0.4, 0.5) is 0 Å². The van der Waals surface area contributed by atoms with E-state index in [1.807, 2.05) is 12.1 Å². The van der Waals surface area contributed by atoms with Gasteiger partial charge in [0.15, 0.2) is 0 Å². The monoisotopic (exact) mass is 362 g/mol. The van der Waals surface area contributed by atoms with Crippen LogP contribution in [0.15, 0.2) is 47.6 Å². The molecule has 1 unspecified atom stereocenters. The van der Waals surface area contributed by atoms with Gasteiger partial charge in [-0.15, -0.1) is 0 Å². The van der Waals surface area contributed by atoms with Gasteiger partial charge in [-0.3, -0.25) is 4.98 Å². The molecule has 0 amide bonds. The molecule has 0 spiro atoms. The Morgan fingerprint density at radius 3 is 2.88 bits per heavy atom. The van der Waals surface area contributed by atoms with Crippen molar-refractivity contribution in [2.24, 2.45) is 0 Å². The van der Waals surface area contributed by atoms with Gasteiger partial charge in [-0.1, -0.05) is 23.7 Å². The molecule has 0 bridgehead atoms. The predicted molar refractivity (Wildman–Crippen MR) is 89.9 cm³/mol. The molecule has 124 valence electrons. The summed E-state index contributed by atoms with van der Waals surface area (Å²) in [6.07, 6.45) is 3.30. The van der Waals surface area contributed by atoms with E-state index in [2.05, 4.69) is 10.3 Å². The molecular weight excluding hydrogens is 348 g/mol. The Balaban J connectivity index is 2.08. The van der Waals surface area contributed by atoms with E-state index < -0.39 is 10.0 Å². The van der Waals surface area contributed by atoms with E-state index in [0.29, 0.717) is 19.6 Å². The fraction of sp³-hybridized carbons (Fsp3) is 0.250. The lowest BCUT2D eigenvalue weighted by Crippen LogP contribution is -2.48. The molecule has 1 N–H and O–H groups in total. The summed E-state index contributed by atoms with van der Waals surface area (Å²) in [5.41, 5.74) is 0.774. The largest absolute Gasteiger partial charge is 0.313 e. The van der Waals surface area contributed by atoms with Crippen molar-refractivity contribution in [2.75, 3.05) is 19.6 Å². The Hall–Kier alpha value is -1.98. The second-order valence-electron chi connectivity index (χ2n) is 5.35. The van der Waals surface area contributed by atoms with E-state index >= 15 is 0 Å². The molecule has 1 aliphatic rings. The summed E-state index contributed by atoms with van der Waals surface area (Å²) in [7, 11) is -3.87. The van der Waals surface area contributed by atoms with E-state index in [9.17, 15) is 13.7 Å². The fourth-order valence-corrected chi connectivity index (χ4v) is 4.84. The zero-order chi connectivity index (χ0) is 17.2. The normalized spacial score (nSPS) is 18.9. The number of sulfonamides is 1. The summed E-state index contributed by atoms with van der Waals surface area (Å²) in [6.45, 7) is 1.32. The molecule has 0 radical (unpaired) electrons. The number of benzene rings is 1. The zero-order valence-corrected chi connectivity index (χ0v) is 14.3. The average Bonchev–Trinajstić information content (AvgIpc) is 2.62. The highest BCUT2D eigenvalue weighted by Crippen LogP contribution is 2.31. The van der Waals surface area contributed by atoms with Gasteiger partial charge in [0.25, 0.3) is 0 Å². The Morgan fingerprint density at radius 1 is 1.33 bits per heavy atom. The topological polar surface area (TPSA) is 86.1 Å². The minimum Gasteiger partial charge on any atom is -0.313 e. The molecule has 1 aliphatic heterocycles. The maximum Gasteiger partial charge on any atom is 0.245 e. The zero-order valence-electron chi connectivity index (χ0n) is 12.7. The quantitative estimate of drug-likeness (QED) is 0.901. The molecule has 1 atom stereocenters. The molecule has 2 heterocycles. The molecule has 1 saturated heterocycles. The first-order valence-electron chi connectivity index (χ1n) is 7.37. The first-order valence-corrected chi connectivity index (χ1v) is 9.18.